The predicted octanol–water partition coefficient (Wildman–Crippen LogP) is 0.366. The summed E-state index contributed by atoms with van der Waals surface area (Å²) in [6, 6.07) is 1.88. The molecule has 1 aromatic rings. The van der Waals surface area contributed by atoms with E-state index in [0.29, 0.717) is 19.0 Å². The van der Waals surface area contributed by atoms with Gasteiger partial charge in [-0.05, 0) is 12.8 Å². The minimum atomic E-state index is -0.241. The molecule has 1 unspecified atom stereocenters. The predicted molar refractivity (Wildman–Crippen MR) is 76.4 cm³/mol. The van der Waals surface area contributed by atoms with Crippen LogP contribution in [0.1, 0.15) is 18.7 Å². The first-order valence-corrected chi connectivity index (χ1v) is 6.73. The van der Waals surface area contributed by atoms with Crippen molar-refractivity contribution in [1.29, 1.82) is 0 Å². The standard InChI is InChI=1S/C13H21N5O2/c1-15-10-6-12(17-11(16-10)8-20-2)18-5-3-4-9(7-18)13(14)19/h6,9H,3-5,7-8H2,1-2H3,(H2,14,19)(H,15,16,17). The molecule has 1 aliphatic rings. The van der Waals surface area contributed by atoms with Crippen molar-refractivity contribution in [1.82, 2.24) is 9.97 Å². The average molecular weight is 279 g/mol. The molecule has 0 radical (unpaired) electrons. The highest BCUT2D eigenvalue weighted by atomic mass is 16.5. The lowest BCUT2D eigenvalue weighted by atomic mass is 9.97. The summed E-state index contributed by atoms with van der Waals surface area (Å²) in [6.07, 6.45) is 1.78. The molecule has 2 rings (SSSR count). The lowest BCUT2D eigenvalue weighted by Crippen LogP contribution is -2.41. The van der Waals surface area contributed by atoms with Crippen LogP contribution in [0.25, 0.3) is 0 Å². The van der Waals surface area contributed by atoms with E-state index in [1.165, 1.54) is 0 Å². The third-order valence-electron chi connectivity index (χ3n) is 3.44. The normalized spacial score (nSPS) is 18.9. The highest BCUT2D eigenvalue weighted by Crippen LogP contribution is 2.23. The topological polar surface area (TPSA) is 93.4 Å². The molecule has 7 nitrogen and oxygen atoms in total. The van der Waals surface area contributed by atoms with Crippen LogP contribution in [0.3, 0.4) is 0 Å². The number of ether oxygens (including phenoxy) is 1. The van der Waals surface area contributed by atoms with E-state index in [0.717, 1.165) is 31.0 Å². The lowest BCUT2D eigenvalue weighted by Gasteiger charge is -2.32. The molecule has 1 aliphatic heterocycles. The fourth-order valence-corrected chi connectivity index (χ4v) is 2.38. The molecule has 0 aromatic carbocycles. The summed E-state index contributed by atoms with van der Waals surface area (Å²) < 4.78 is 5.08. The molecule has 1 amide bonds. The van der Waals surface area contributed by atoms with Gasteiger partial charge in [0.15, 0.2) is 5.82 Å². The molecule has 1 aromatic heterocycles. The Morgan fingerprint density at radius 3 is 3.05 bits per heavy atom. The maximum absolute atomic E-state index is 11.4. The molecule has 0 aliphatic carbocycles. The number of rotatable bonds is 5. The maximum Gasteiger partial charge on any atom is 0.222 e. The van der Waals surface area contributed by atoms with E-state index in [9.17, 15) is 4.79 Å². The quantitative estimate of drug-likeness (QED) is 0.808. The Morgan fingerprint density at radius 2 is 2.40 bits per heavy atom. The molecule has 7 heteroatoms. The molecule has 0 saturated carbocycles. The summed E-state index contributed by atoms with van der Waals surface area (Å²) in [5.74, 6) is 1.82. The average Bonchev–Trinajstić information content (AvgIpc) is 2.47. The van der Waals surface area contributed by atoms with Crippen molar-refractivity contribution >= 4 is 17.5 Å². The van der Waals surface area contributed by atoms with Crippen LogP contribution in [0.5, 0.6) is 0 Å². The van der Waals surface area contributed by atoms with E-state index in [-0.39, 0.29) is 11.8 Å². The summed E-state index contributed by atoms with van der Waals surface area (Å²) in [7, 11) is 3.42. The third kappa shape index (κ3) is 3.36. The van der Waals surface area contributed by atoms with Gasteiger partial charge in [0.1, 0.15) is 18.2 Å². The molecule has 1 fully saturated rings. The summed E-state index contributed by atoms with van der Waals surface area (Å²) >= 11 is 0. The van der Waals surface area contributed by atoms with E-state index < -0.39 is 0 Å². The van der Waals surface area contributed by atoms with E-state index in [1.807, 2.05) is 13.1 Å². The van der Waals surface area contributed by atoms with Gasteiger partial charge in [-0.25, -0.2) is 9.97 Å². The molecule has 0 bridgehead atoms. The molecule has 1 atom stereocenters. The number of primary amides is 1. The van der Waals surface area contributed by atoms with Crippen molar-refractivity contribution in [3.05, 3.63) is 11.9 Å². The highest BCUT2D eigenvalue weighted by molar-refractivity contribution is 5.77. The molecular weight excluding hydrogens is 258 g/mol. The highest BCUT2D eigenvalue weighted by Gasteiger charge is 2.25. The van der Waals surface area contributed by atoms with Crippen LogP contribution < -0.4 is 16.0 Å². The number of nitrogens with one attached hydrogen (secondary N) is 1. The number of nitrogens with two attached hydrogens (primary N) is 1. The van der Waals surface area contributed by atoms with Gasteiger partial charge in [-0.15, -0.1) is 0 Å². The van der Waals surface area contributed by atoms with Crippen molar-refractivity contribution < 1.29 is 9.53 Å². The molecule has 3 N–H and O–H groups in total. The first-order chi connectivity index (χ1) is 9.63. The molecule has 1 saturated heterocycles. The van der Waals surface area contributed by atoms with Crippen molar-refractivity contribution in [3.8, 4) is 0 Å². The first-order valence-electron chi connectivity index (χ1n) is 6.73. The van der Waals surface area contributed by atoms with Crippen LogP contribution in [0.4, 0.5) is 11.6 Å². The van der Waals surface area contributed by atoms with Gasteiger partial charge in [0.05, 0.1) is 5.92 Å². The molecule has 20 heavy (non-hydrogen) atoms. The Labute approximate surface area is 118 Å². The Hall–Kier alpha value is -1.89. The van der Waals surface area contributed by atoms with Crippen LogP contribution in [0, 0.1) is 5.92 Å². The zero-order chi connectivity index (χ0) is 14.5. The van der Waals surface area contributed by atoms with Crippen molar-refractivity contribution in [2.24, 2.45) is 11.7 Å². The molecule has 0 spiro atoms. The number of carbonyl (C=O) groups is 1. The second kappa shape index (κ2) is 6.51. The number of nitrogens with zero attached hydrogens (tertiary/aromatic N) is 3. The zero-order valence-electron chi connectivity index (χ0n) is 11.9. The second-order valence-corrected chi connectivity index (χ2v) is 4.90. The van der Waals surface area contributed by atoms with Gasteiger partial charge in [0.2, 0.25) is 5.91 Å². The van der Waals surface area contributed by atoms with Gasteiger partial charge in [-0.3, -0.25) is 4.79 Å². The van der Waals surface area contributed by atoms with Gasteiger partial charge in [0, 0.05) is 33.3 Å². The van der Waals surface area contributed by atoms with Crippen LogP contribution in [0.2, 0.25) is 0 Å². The number of carbonyl (C=O) groups excluding carboxylic acids is 1. The SMILES string of the molecule is CNc1cc(N2CCCC(C(N)=O)C2)nc(COC)n1. The summed E-state index contributed by atoms with van der Waals surface area (Å²) in [5.41, 5.74) is 5.41. The summed E-state index contributed by atoms with van der Waals surface area (Å²) in [4.78, 5) is 22.2. The largest absolute Gasteiger partial charge is 0.377 e. The van der Waals surface area contributed by atoms with Crippen LogP contribution in [0.15, 0.2) is 6.07 Å². The van der Waals surface area contributed by atoms with Gasteiger partial charge in [0.25, 0.3) is 0 Å². The first kappa shape index (κ1) is 14.5. The number of aromatic nitrogens is 2. The summed E-state index contributed by atoms with van der Waals surface area (Å²) in [6.45, 7) is 1.84. The fraction of sp³-hybridized carbons (Fsp3) is 0.615. The van der Waals surface area contributed by atoms with Crippen molar-refractivity contribution in [3.63, 3.8) is 0 Å². The number of hydrogen-bond donors (Lipinski definition) is 2. The van der Waals surface area contributed by atoms with Crippen LogP contribution in [-0.2, 0) is 16.1 Å². The number of piperidine rings is 1. The number of anilines is 2. The number of hydrogen-bond acceptors (Lipinski definition) is 6. The lowest BCUT2D eigenvalue weighted by molar-refractivity contribution is -0.122. The van der Waals surface area contributed by atoms with Crippen LogP contribution >= 0.6 is 0 Å². The Kier molecular flexibility index (Phi) is 4.73. The number of methoxy groups -OCH3 is 1. The van der Waals surface area contributed by atoms with E-state index in [4.69, 9.17) is 10.5 Å². The minimum Gasteiger partial charge on any atom is -0.377 e. The smallest absolute Gasteiger partial charge is 0.222 e. The van der Waals surface area contributed by atoms with Gasteiger partial charge >= 0.3 is 0 Å². The van der Waals surface area contributed by atoms with Crippen molar-refractivity contribution in [2.75, 3.05) is 37.5 Å². The third-order valence-corrected chi connectivity index (χ3v) is 3.44. The van der Waals surface area contributed by atoms with Gasteiger partial charge < -0.3 is 20.7 Å². The molecular formula is C13H21N5O2. The monoisotopic (exact) mass is 279 g/mol. The van der Waals surface area contributed by atoms with E-state index in [2.05, 4.69) is 20.2 Å². The summed E-state index contributed by atoms with van der Waals surface area (Å²) in [5, 5.41) is 3.01. The zero-order valence-corrected chi connectivity index (χ0v) is 11.9. The number of amides is 1. The molecule has 2 heterocycles. The van der Waals surface area contributed by atoms with Crippen molar-refractivity contribution in [2.45, 2.75) is 19.4 Å². The van der Waals surface area contributed by atoms with E-state index in [1.54, 1.807) is 7.11 Å². The Balaban J connectivity index is 2.21. The minimum absolute atomic E-state index is 0.109. The van der Waals surface area contributed by atoms with Crippen LogP contribution in [-0.4, -0.2) is 43.1 Å². The maximum atomic E-state index is 11.4. The van der Waals surface area contributed by atoms with Gasteiger partial charge in [-0.2, -0.15) is 0 Å². The molecule has 110 valence electrons. The fourth-order valence-electron chi connectivity index (χ4n) is 2.38. The second-order valence-electron chi connectivity index (χ2n) is 4.90. The van der Waals surface area contributed by atoms with Gasteiger partial charge in [-0.1, -0.05) is 0 Å². The Bertz CT molecular complexity index is 480. The van der Waals surface area contributed by atoms with E-state index >= 15 is 0 Å². The Morgan fingerprint density at radius 1 is 1.60 bits per heavy atom.